The van der Waals surface area contributed by atoms with E-state index in [1.807, 2.05) is 25.7 Å². The number of nitrogens with zero attached hydrogens (tertiary/aromatic N) is 2. The van der Waals surface area contributed by atoms with Gasteiger partial charge in [-0.15, -0.1) is 0 Å². The summed E-state index contributed by atoms with van der Waals surface area (Å²) in [6.45, 7) is 7.62. The second-order valence-corrected chi connectivity index (χ2v) is 13.8. The SMILES string of the molecule is CC(C)(C)OC(=O)N1CCCC1c1ncc(C23CCC(c4ccc5cc(C6CCCN6)[nH]c5c4)(CC2)CC3)[nH]1. The summed E-state index contributed by atoms with van der Waals surface area (Å²) < 4.78 is 5.69. The molecule has 3 N–H and O–H groups in total. The lowest BCUT2D eigenvalue weighted by Gasteiger charge is -2.53. The lowest BCUT2D eigenvalue weighted by molar-refractivity contribution is 0.0218. The molecule has 39 heavy (non-hydrogen) atoms. The third-order valence-electron chi connectivity index (χ3n) is 10.3. The smallest absolute Gasteiger partial charge is 0.410 e. The van der Waals surface area contributed by atoms with Crippen LogP contribution in [0.5, 0.6) is 0 Å². The molecule has 0 radical (unpaired) electrons. The number of ether oxygens (including phenoxy) is 1. The van der Waals surface area contributed by atoms with Crippen LogP contribution in [0.25, 0.3) is 10.9 Å². The van der Waals surface area contributed by atoms with Crippen LogP contribution < -0.4 is 5.32 Å². The fourth-order valence-corrected chi connectivity index (χ4v) is 8.01. The van der Waals surface area contributed by atoms with Gasteiger partial charge in [0.15, 0.2) is 0 Å². The number of carbonyl (C=O) groups excluding carboxylic acids is 1. The first-order valence-corrected chi connectivity index (χ1v) is 15.2. The van der Waals surface area contributed by atoms with Crippen molar-refractivity contribution in [3.05, 3.63) is 53.2 Å². The van der Waals surface area contributed by atoms with Crippen LogP contribution in [0, 0.1) is 0 Å². The number of likely N-dealkylation sites (tertiary alicyclic amines) is 1. The molecule has 2 aliphatic heterocycles. The molecule has 2 aromatic heterocycles. The van der Waals surface area contributed by atoms with Gasteiger partial charge in [0.25, 0.3) is 0 Å². The van der Waals surface area contributed by atoms with E-state index in [9.17, 15) is 4.79 Å². The Kier molecular flexibility index (Phi) is 5.89. The topological polar surface area (TPSA) is 86.0 Å². The molecule has 4 heterocycles. The number of aromatic amines is 2. The molecule has 1 amide bonds. The lowest BCUT2D eigenvalue weighted by Crippen LogP contribution is -2.46. The average Bonchev–Trinajstić information content (AvgIpc) is 3.74. The van der Waals surface area contributed by atoms with Crippen molar-refractivity contribution in [2.24, 2.45) is 0 Å². The lowest BCUT2D eigenvalue weighted by atomic mass is 9.51. The van der Waals surface area contributed by atoms with Crippen molar-refractivity contribution in [2.75, 3.05) is 13.1 Å². The highest BCUT2D eigenvalue weighted by Crippen LogP contribution is 2.58. The largest absolute Gasteiger partial charge is 0.444 e. The number of hydrogen-bond acceptors (Lipinski definition) is 4. The van der Waals surface area contributed by atoms with Gasteiger partial charge in [-0.25, -0.2) is 9.78 Å². The zero-order valence-corrected chi connectivity index (χ0v) is 23.7. The number of amides is 1. The van der Waals surface area contributed by atoms with Crippen molar-refractivity contribution in [1.82, 2.24) is 25.2 Å². The van der Waals surface area contributed by atoms with Crippen molar-refractivity contribution in [3.8, 4) is 0 Å². The maximum Gasteiger partial charge on any atom is 0.410 e. The van der Waals surface area contributed by atoms with E-state index in [1.54, 1.807) is 0 Å². The van der Waals surface area contributed by atoms with E-state index in [0.717, 1.165) is 31.8 Å². The van der Waals surface area contributed by atoms with Crippen LogP contribution in [0.3, 0.4) is 0 Å². The number of aromatic nitrogens is 3. The van der Waals surface area contributed by atoms with Gasteiger partial charge in [0.05, 0.1) is 6.04 Å². The zero-order chi connectivity index (χ0) is 26.8. The van der Waals surface area contributed by atoms with Crippen molar-refractivity contribution in [1.29, 1.82) is 0 Å². The van der Waals surface area contributed by atoms with Gasteiger partial charge >= 0.3 is 6.09 Å². The predicted molar refractivity (Wildman–Crippen MR) is 153 cm³/mol. The first kappa shape index (κ1) is 25.2. The highest BCUT2D eigenvalue weighted by molar-refractivity contribution is 5.81. The number of carbonyl (C=O) groups is 1. The van der Waals surface area contributed by atoms with E-state index in [0.29, 0.717) is 6.04 Å². The number of fused-ring (bicyclic) bond motifs is 4. The number of imidazole rings is 1. The molecule has 2 bridgehead atoms. The summed E-state index contributed by atoms with van der Waals surface area (Å²) in [4.78, 5) is 27.0. The minimum Gasteiger partial charge on any atom is -0.444 e. The third-order valence-corrected chi connectivity index (χ3v) is 10.3. The summed E-state index contributed by atoms with van der Waals surface area (Å²) in [6, 6.07) is 9.99. The van der Waals surface area contributed by atoms with Gasteiger partial charge in [0.2, 0.25) is 0 Å². The molecule has 3 saturated carbocycles. The first-order chi connectivity index (χ1) is 18.7. The Bertz CT molecular complexity index is 1350. The molecule has 2 atom stereocenters. The molecule has 2 saturated heterocycles. The van der Waals surface area contributed by atoms with E-state index in [1.165, 1.54) is 79.2 Å². The summed E-state index contributed by atoms with van der Waals surface area (Å²) in [5.74, 6) is 0.926. The van der Waals surface area contributed by atoms with Crippen LogP contribution >= 0.6 is 0 Å². The molecule has 8 rings (SSSR count). The van der Waals surface area contributed by atoms with Crippen LogP contribution in [-0.2, 0) is 15.6 Å². The fourth-order valence-electron chi connectivity index (χ4n) is 8.01. The Morgan fingerprint density at radius 2 is 1.77 bits per heavy atom. The monoisotopic (exact) mass is 529 g/mol. The molecule has 3 aliphatic carbocycles. The molecule has 5 fully saturated rings. The maximum absolute atomic E-state index is 12.9. The van der Waals surface area contributed by atoms with Gasteiger partial charge in [-0.2, -0.15) is 0 Å². The van der Waals surface area contributed by atoms with E-state index in [-0.39, 0.29) is 23.0 Å². The highest BCUT2D eigenvalue weighted by Gasteiger charge is 2.51. The molecule has 7 heteroatoms. The number of hydrogen-bond donors (Lipinski definition) is 3. The summed E-state index contributed by atoms with van der Waals surface area (Å²) in [5, 5.41) is 4.96. The Labute approximate surface area is 231 Å². The van der Waals surface area contributed by atoms with E-state index < -0.39 is 5.60 Å². The summed E-state index contributed by atoms with van der Waals surface area (Å²) in [7, 11) is 0. The van der Waals surface area contributed by atoms with Gasteiger partial charge in [-0.1, -0.05) is 12.1 Å². The molecule has 0 spiro atoms. The Morgan fingerprint density at radius 3 is 2.49 bits per heavy atom. The molecule has 3 aromatic rings. The Morgan fingerprint density at radius 1 is 1.00 bits per heavy atom. The van der Waals surface area contributed by atoms with E-state index in [2.05, 4.69) is 45.7 Å². The van der Waals surface area contributed by atoms with Gasteiger partial charge < -0.3 is 20.0 Å². The van der Waals surface area contributed by atoms with Gasteiger partial charge in [-0.05, 0) is 120 Å². The number of H-pyrrole nitrogens is 2. The summed E-state index contributed by atoms with van der Waals surface area (Å²) >= 11 is 0. The maximum atomic E-state index is 12.9. The van der Waals surface area contributed by atoms with Crippen molar-refractivity contribution in [3.63, 3.8) is 0 Å². The van der Waals surface area contributed by atoms with Crippen LogP contribution in [0.15, 0.2) is 30.5 Å². The van der Waals surface area contributed by atoms with Crippen molar-refractivity contribution in [2.45, 2.75) is 113 Å². The fraction of sp³-hybridized carbons (Fsp3) is 0.625. The molecule has 5 aliphatic rings. The van der Waals surface area contributed by atoms with E-state index >= 15 is 0 Å². The molecular formula is C32H43N5O2. The number of nitrogens with one attached hydrogen (secondary N) is 3. The highest BCUT2D eigenvalue weighted by atomic mass is 16.6. The summed E-state index contributed by atoms with van der Waals surface area (Å²) in [6.07, 6.45) is 13.5. The molecule has 2 unspecified atom stereocenters. The standard InChI is InChI=1S/C32H43N5O2/c1-30(2,3)39-29(38)37-17-5-7-26(37)28-34-20-27(36-28)32-13-10-31(11-14-32,12-15-32)22-9-8-21-18-25(35-24(21)19-22)23-6-4-16-33-23/h8-9,18-20,23,26,33,35H,4-7,10-17H2,1-3H3,(H,34,36). The van der Waals surface area contributed by atoms with E-state index in [4.69, 9.17) is 9.72 Å². The molecule has 208 valence electrons. The van der Waals surface area contributed by atoms with Crippen LogP contribution in [0.1, 0.15) is 120 Å². The second-order valence-electron chi connectivity index (χ2n) is 13.8. The van der Waals surface area contributed by atoms with Crippen LogP contribution in [-0.4, -0.2) is 44.6 Å². The van der Waals surface area contributed by atoms with Gasteiger partial charge in [0.1, 0.15) is 11.4 Å². The minimum absolute atomic E-state index is 0.0203. The molecule has 1 aromatic carbocycles. The van der Waals surface area contributed by atoms with Crippen LogP contribution in [0.2, 0.25) is 0 Å². The first-order valence-electron chi connectivity index (χ1n) is 15.2. The van der Waals surface area contributed by atoms with Crippen molar-refractivity contribution < 1.29 is 9.53 Å². The third kappa shape index (κ3) is 4.37. The zero-order valence-electron chi connectivity index (χ0n) is 23.7. The Hall–Kier alpha value is -2.80. The van der Waals surface area contributed by atoms with Gasteiger partial charge in [0, 0.05) is 41.1 Å². The second kappa shape index (κ2) is 9.12. The number of rotatable bonds is 4. The molecular weight excluding hydrogens is 486 g/mol. The van der Waals surface area contributed by atoms with Crippen molar-refractivity contribution >= 4 is 17.0 Å². The summed E-state index contributed by atoms with van der Waals surface area (Å²) in [5.41, 5.74) is 5.39. The van der Waals surface area contributed by atoms with Crippen LogP contribution in [0.4, 0.5) is 4.79 Å². The minimum atomic E-state index is -0.491. The normalized spacial score (nSPS) is 30.9. The average molecular weight is 530 g/mol. The Balaban J connectivity index is 1.07. The molecule has 7 nitrogen and oxygen atoms in total. The predicted octanol–water partition coefficient (Wildman–Crippen LogP) is 6.93. The van der Waals surface area contributed by atoms with Gasteiger partial charge in [-0.3, -0.25) is 4.90 Å². The number of benzene rings is 1. The quantitative estimate of drug-likeness (QED) is 0.342.